The number of benzene rings is 1. The van der Waals surface area contributed by atoms with E-state index < -0.39 is 0 Å². The van der Waals surface area contributed by atoms with Crippen LogP contribution in [0.2, 0.25) is 0 Å². The van der Waals surface area contributed by atoms with Crippen LogP contribution in [0.25, 0.3) is 0 Å². The van der Waals surface area contributed by atoms with E-state index >= 15 is 0 Å². The molecule has 1 N–H and O–H groups in total. The lowest BCUT2D eigenvalue weighted by molar-refractivity contribution is -0.134. The van der Waals surface area contributed by atoms with E-state index in [1.165, 1.54) is 13.2 Å². The first kappa shape index (κ1) is 21.4. The number of hydrogen-bond donors (Lipinski definition) is 1. The molecule has 0 heterocycles. The minimum Gasteiger partial charge on any atom is -0.466 e. The van der Waals surface area contributed by atoms with Gasteiger partial charge in [-0.2, -0.15) is 0 Å². The Kier molecular flexibility index (Phi) is 11.6. The van der Waals surface area contributed by atoms with Gasteiger partial charge in [-0.1, -0.05) is 58.4 Å². The quantitative estimate of drug-likeness (QED) is 0.256. The Hall–Kier alpha value is -1.69. The lowest BCUT2D eigenvalue weighted by Crippen LogP contribution is -2.10. The molecule has 25 heavy (non-hydrogen) atoms. The van der Waals surface area contributed by atoms with Gasteiger partial charge < -0.3 is 14.6 Å². The molecule has 0 radical (unpaired) electrons. The fourth-order valence-corrected chi connectivity index (χ4v) is 2.56. The molecule has 0 fully saturated rings. The molecule has 0 spiro atoms. The highest BCUT2D eigenvalue weighted by Crippen LogP contribution is 2.16. The summed E-state index contributed by atoms with van der Waals surface area (Å²) in [5.74, 6) is -0.339. The number of esters is 1. The van der Waals surface area contributed by atoms with Crippen molar-refractivity contribution in [3.63, 3.8) is 0 Å². The molecule has 0 bridgehead atoms. The minimum atomic E-state index is -0.339. The molecule has 0 aliphatic carbocycles. The van der Waals surface area contributed by atoms with Crippen LogP contribution >= 0.6 is 15.9 Å². The van der Waals surface area contributed by atoms with Gasteiger partial charge in [0, 0.05) is 10.6 Å². The number of methoxy groups -OCH3 is 1. The van der Waals surface area contributed by atoms with E-state index in [0.717, 1.165) is 29.3 Å². The van der Waals surface area contributed by atoms with E-state index in [4.69, 9.17) is 9.84 Å². The third-order valence-electron chi connectivity index (χ3n) is 3.35. The number of rotatable bonds is 11. The summed E-state index contributed by atoms with van der Waals surface area (Å²) in [6, 6.07) is 10.0. The zero-order valence-electron chi connectivity index (χ0n) is 14.4. The van der Waals surface area contributed by atoms with Gasteiger partial charge in [0.1, 0.15) is 0 Å². The highest BCUT2D eigenvalue weighted by molar-refractivity contribution is 9.11. The first-order chi connectivity index (χ1) is 12.2. The molecule has 1 unspecified atom stereocenters. The first-order valence-electron chi connectivity index (χ1n) is 8.20. The maximum absolute atomic E-state index is 11.0. The molecule has 0 aliphatic heterocycles. The van der Waals surface area contributed by atoms with Crippen molar-refractivity contribution in [2.24, 2.45) is 0 Å². The second-order valence-corrected chi connectivity index (χ2v) is 6.24. The molecule has 0 aromatic heterocycles. The Morgan fingerprint density at radius 3 is 2.68 bits per heavy atom. The van der Waals surface area contributed by atoms with Crippen LogP contribution in [-0.2, 0) is 20.9 Å². The molecule has 1 atom stereocenters. The van der Waals surface area contributed by atoms with Crippen molar-refractivity contribution in [2.45, 2.75) is 32.0 Å². The lowest BCUT2D eigenvalue weighted by atomic mass is 10.1. The third kappa shape index (κ3) is 10.7. The van der Waals surface area contributed by atoms with Gasteiger partial charge in [0.05, 0.1) is 26.4 Å². The average molecular weight is 409 g/mol. The van der Waals surface area contributed by atoms with Crippen molar-refractivity contribution in [2.75, 3.05) is 13.7 Å². The number of allylic oxidation sites excluding steroid dienone is 3. The monoisotopic (exact) mass is 408 g/mol. The van der Waals surface area contributed by atoms with E-state index in [1.807, 2.05) is 42.5 Å². The number of carbonyl (C=O) groups is 1. The number of unbranched alkanes of at least 4 members (excludes halogenated alkanes) is 1. The number of halogens is 1. The van der Waals surface area contributed by atoms with Crippen molar-refractivity contribution in [3.8, 4) is 0 Å². The predicted molar refractivity (Wildman–Crippen MR) is 103 cm³/mol. The van der Waals surface area contributed by atoms with Gasteiger partial charge in [-0.3, -0.25) is 0 Å². The van der Waals surface area contributed by atoms with Crippen LogP contribution in [0.5, 0.6) is 0 Å². The maximum atomic E-state index is 11.0. The molecule has 0 aliphatic rings. The van der Waals surface area contributed by atoms with E-state index in [2.05, 4.69) is 20.7 Å². The summed E-state index contributed by atoms with van der Waals surface area (Å²) >= 11 is 3.46. The molecular weight excluding hydrogens is 384 g/mol. The Bertz CT molecular complexity index is 579. The molecule has 0 saturated heterocycles. The van der Waals surface area contributed by atoms with Crippen LogP contribution < -0.4 is 0 Å². The summed E-state index contributed by atoms with van der Waals surface area (Å²) in [5, 5.41) is 8.86. The lowest BCUT2D eigenvalue weighted by Gasteiger charge is -2.14. The van der Waals surface area contributed by atoms with Gasteiger partial charge in [0.25, 0.3) is 0 Å². The zero-order chi connectivity index (χ0) is 18.3. The highest BCUT2D eigenvalue weighted by Gasteiger charge is 2.07. The average Bonchev–Trinajstić information content (AvgIpc) is 2.64. The van der Waals surface area contributed by atoms with E-state index in [9.17, 15) is 4.79 Å². The molecular formula is C20H25BrO4. The van der Waals surface area contributed by atoms with Crippen molar-refractivity contribution in [1.29, 1.82) is 0 Å². The second kappa shape index (κ2) is 13.6. The molecule has 0 amide bonds. The van der Waals surface area contributed by atoms with Gasteiger partial charge in [-0.05, 0) is 37.0 Å². The van der Waals surface area contributed by atoms with Crippen LogP contribution in [0.1, 0.15) is 24.8 Å². The van der Waals surface area contributed by atoms with Gasteiger partial charge in [-0.25, -0.2) is 4.79 Å². The third-order valence-corrected chi connectivity index (χ3v) is 3.88. The summed E-state index contributed by atoms with van der Waals surface area (Å²) in [7, 11) is 1.36. The summed E-state index contributed by atoms with van der Waals surface area (Å²) in [6.45, 7) is 0.529. The van der Waals surface area contributed by atoms with Gasteiger partial charge in [-0.15, -0.1) is 0 Å². The first-order valence-corrected chi connectivity index (χ1v) is 8.99. The Balaban J connectivity index is 2.56. The summed E-state index contributed by atoms with van der Waals surface area (Å²) in [5.41, 5.74) is 1.12. The standard InChI is InChI=1S/C20H25BrO4/c1-24-20(23)13-7-3-6-12-19(15-18(21)11-8-14-22)25-16-17-9-4-2-5-10-17/h2,4-5,7-11,13,15,19,22H,3,6,12,14,16H2,1H3/b11-8+,13-7+,18-15-. The summed E-state index contributed by atoms with van der Waals surface area (Å²) < 4.78 is 11.4. The van der Waals surface area contributed by atoms with Crippen molar-refractivity contribution < 1.29 is 19.4 Å². The molecule has 1 aromatic rings. The van der Waals surface area contributed by atoms with Gasteiger partial charge in [0.15, 0.2) is 0 Å². The largest absolute Gasteiger partial charge is 0.466 e. The van der Waals surface area contributed by atoms with Crippen LogP contribution in [0.4, 0.5) is 0 Å². The maximum Gasteiger partial charge on any atom is 0.330 e. The fraction of sp³-hybridized carbons (Fsp3) is 0.350. The SMILES string of the molecule is COC(=O)/C=C/CCCC(/C=C(Br)/C=C/CO)OCc1ccccc1. The minimum absolute atomic E-state index is 0.00317. The molecule has 1 aromatic carbocycles. The van der Waals surface area contributed by atoms with E-state index in [-0.39, 0.29) is 18.7 Å². The smallest absolute Gasteiger partial charge is 0.330 e. The Morgan fingerprint density at radius 2 is 2.00 bits per heavy atom. The zero-order valence-corrected chi connectivity index (χ0v) is 16.0. The van der Waals surface area contributed by atoms with E-state index in [1.54, 1.807) is 12.2 Å². The van der Waals surface area contributed by atoms with Gasteiger partial charge in [0.2, 0.25) is 0 Å². The molecule has 5 heteroatoms. The molecule has 1 rings (SSSR count). The van der Waals surface area contributed by atoms with Crippen LogP contribution in [0.3, 0.4) is 0 Å². The molecule has 136 valence electrons. The fourth-order valence-electron chi connectivity index (χ4n) is 2.08. The number of aliphatic hydroxyl groups is 1. The topological polar surface area (TPSA) is 55.8 Å². The number of hydrogen-bond acceptors (Lipinski definition) is 4. The normalized spacial score (nSPS) is 13.5. The highest BCUT2D eigenvalue weighted by atomic mass is 79.9. The van der Waals surface area contributed by atoms with Crippen molar-refractivity contribution in [1.82, 2.24) is 0 Å². The van der Waals surface area contributed by atoms with Crippen LogP contribution in [-0.4, -0.2) is 30.9 Å². The summed E-state index contributed by atoms with van der Waals surface area (Å²) in [6.07, 6.45) is 11.1. The summed E-state index contributed by atoms with van der Waals surface area (Å²) in [4.78, 5) is 11.0. The second-order valence-electron chi connectivity index (χ2n) is 5.33. The van der Waals surface area contributed by atoms with Crippen molar-refractivity contribution in [3.05, 3.63) is 70.8 Å². The van der Waals surface area contributed by atoms with Crippen molar-refractivity contribution >= 4 is 21.9 Å². The van der Waals surface area contributed by atoms with Crippen LogP contribution in [0.15, 0.2) is 65.2 Å². The number of carbonyl (C=O) groups excluding carboxylic acids is 1. The van der Waals surface area contributed by atoms with E-state index in [0.29, 0.717) is 6.61 Å². The van der Waals surface area contributed by atoms with Gasteiger partial charge >= 0.3 is 5.97 Å². The number of ether oxygens (including phenoxy) is 2. The van der Waals surface area contributed by atoms with Crippen LogP contribution in [0, 0.1) is 0 Å². The number of aliphatic hydroxyl groups excluding tert-OH is 1. The Labute approximate surface area is 158 Å². The molecule has 4 nitrogen and oxygen atoms in total. The predicted octanol–water partition coefficient (Wildman–Crippen LogP) is 4.30. The molecule has 0 saturated carbocycles. The Morgan fingerprint density at radius 1 is 1.24 bits per heavy atom.